The first-order valence-electron chi connectivity index (χ1n) is 11.5. The molecule has 0 aliphatic heterocycles. The molecule has 9 heteroatoms. The molecule has 0 saturated heterocycles. The number of aromatic carboxylic acids is 1. The Morgan fingerprint density at radius 2 is 1.88 bits per heavy atom. The largest absolute Gasteiger partial charge is 0.479 e. The Morgan fingerprint density at radius 3 is 2.50 bits per heavy atom. The van der Waals surface area contributed by atoms with Crippen LogP contribution in [-0.4, -0.2) is 41.2 Å². The molecule has 0 bridgehead atoms. The highest BCUT2D eigenvalue weighted by Gasteiger charge is 2.26. The maximum absolute atomic E-state index is 13.2. The summed E-state index contributed by atoms with van der Waals surface area (Å²) in [5, 5.41) is 18.6. The van der Waals surface area contributed by atoms with E-state index < -0.39 is 18.5 Å². The maximum atomic E-state index is 13.2. The van der Waals surface area contributed by atoms with Crippen molar-refractivity contribution in [1.82, 2.24) is 0 Å². The lowest BCUT2D eigenvalue weighted by Crippen LogP contribution is -2.36. The second kappa shape index (κ2) is 11.8. The van der Waals surface area contributed by atoms with Crippen LogP contribution in [0.1, 0.15) is 62.0 Å². The van der Waals surface area contributed by atoms with E-state index in [0.29, 0.717) is 28.2 Å². The number of halogens is 1. The quantitative estimate of drug-likeness (QED) is 0.359. The van der Waals surface area contributed by atoms with Crippen molar-refractivity contribution >= 4 is 50.8 Å². The summed E-state index contributed by atoms with van der Waals surface area (Å²) >= 11 is 4.42. The number of nitrogens with zero attached hydrogens (tertiary/aromatic N) is 1. The summed E-state index contributed by atoms with van der Waals surface area (Å²) in [7, 11) is 0. The monoisotopic (exact) mass is 551 g/mol. The molecule has 2 N–H and O–H groups in total. The van der Waals surface area contributed by atoms with Crippen molar-refractivity contribution < 1.29 is 29.3 Å². The zero-order valence-corrected chi connectivity index (χ0v) is 21.8. The number of hydrogen-bond acceptors (Lipinski definition) is 5. The SMILES string of the molecule is CC(C)CC(=O)N(CC1CCCCC1)c1cccc(-c2sc(C(=O)O)c(OCC(=O)O)c2Br)c1. The van der Waals surface area contributed by atoms with E-state index >= 15 is 0 Å². The van der Waals surface area contributed by atoms with Gasteiger partial charge in [-0.05, 0) is 58.3 Å². The summed E-state index contributed by atoms with van der Waals surface area (Å²) in [4.78, 5) is 38.3. The van der Waals surface area contributed by atoms with Gasteiger partial charge in [-0.15, -0.1) is 11.3 Å². The fraction of sp³-hybridized carbons (Fsp3) is 0.480. The fourth-order valence-electron chi connectivity index (χ4n) is 4.24. The Hall–Kier alpha value is -2.39. The average molecular weight is 552 g/mol. The van der Waals surface area contributed by atoms with E-state index in [0.717, 1.165) is 35.4 Å². The Bertz CT molecular complexity index is 1040. The first kappa shape index (κ1) is 26.2. The first-order valence-corrected chi connectivity index (χ1v) is 13.1. The molecule has 1 aromatic carbocycles. The van der Waals surface area contributed by atoms with Gasteiger partial charge in [0.2, 0.25) is 5.91 Å². The van der Waals surface area contributed by atoms with Gasteiger partial charge in [-0.2, -0.15) is 0 Å². The van der Waals surface area contributed by atoms with Crippen LogP contribution in [0.2, 0.25) is 0 Å². The number of thiophene rings is 1. The molecule has 7 nitrogen and oxygen atoms in total. The van der Waals surface area contributed by atoms with Crippen LogP contribution < -0.4 is 9.64 Å². The van der Waals surface area contributed by atoms with Gasteiger partial charge >= 0.3 is 11.9 Å². The lowest BCUT2D eigenvalue weighted by atomic mass is 9.88. The number of carboxylic acids is 2. The van der Waals surface area contributed by atoms with Crippen molar-refractivity contribution in [2.24, 2.45) is 11.8 Å². The highest BCUT2D eigenvalue weighted by atomic mass is 79.9. The van der Waals surface area contributed by atoms with E-state index in [1.807, 2.05) is 43.0 Å². The molecule has 1 amide bonds. The van der Waals surface area contributed by atoms with E-state index in [9.17, 15) is 19.5 Å². The number of carbonyl (C=O) groups is 3. The smallest absolute Gasteiger partial charge is 0.349 e. The van der Waals surface area contributed by atoms with Gasteiger partial charge in [0.25, 0.3) is 0 Å². The zero-order chi connectivity index (χ0) is 24.8. The van der Waals surface area contributed by atoms with Crippen molar-refractivity contribution in [2.45, 2.75) is 52.4 Å². The van der Waals surface area contributed by atoms with Crippen LogP contribution in [0.4, 0.5) is 5.69 Å². The Balaban J connectivity index is 1.97. The van der Waals surface area contributed by atoms with Gasteiger partial charge in [-0.1, -0.05) is 45.2 Å². The number of rotatable bonds is 10. The maximum Gasteiger partial charge on any atom is 0.349 e. The summed E-state index contributed by atoms with van der Waals surface area (Å²) in [6.45, 7) is 4.09. The molecule has 2 aromatic rings. The minimum absolute atomic E-state index is 0.00440. The molecule has 0 radical (unpaired) electrons. The van der Waals surface area contributed by atoms with Gasteiger partial charge in [0.05, 0.1) is 9.35 Å². The Morgan fingerprint density at radius 1 is 1.18 bits per heavy atom. The van der Waals surface area contributed by atoms with Crippen LogP contribution >= 0.6 is 27.3 Å². The molecule has 0 atom stereocenters. The van der Waals surface area contributed by atoms with Crippen molar-refractivity contribution in [3.8, 4) is 16.2 Å². The topological polar surface area (TPSA) is 104 Å². The van der Waals surface area contributed by atoms with Gasteiger partial charge in [-0.3, -0.25) is 4.79 Å². The Kier molecular flexibility index (Phi) is 9.13. The molecule has 1 aliphatic carbocycles. The first-order chi connectivity index (χ1) is 16.2. The van der Waals surface area contributed by atoms with Crippen LogP contribution in [0.3, 0.4) is 0 Å². The predicted octanol–water partition coefficient (Wildman–Crippen LogP) is 6.30. The molecular formula is C25H30BrNO6S. The number of amides is 1. The number of hydrogen-bond donors (Lipinski definition) is 2. The van der Waals surface area contributed by atoms with Crippen molar-refractivity contribution in [3.05, 3.63) is 33.6 Å². The van der Waals surface area contributed by atoms with E-state index in [1.165, 1.54) is 19.3 Å². The van der Waals surface area contributed by atoms with Crippen molar-refractivity contribution in [1.29, 1.82) is 0 Å². The summed E-state index contributed by atoms with van der Waals surface area (Å²) in [5.41, 5.74) is 1.51. The van der Waals surface area contributed by atoms with Crippen LogP contribution in [0, 0.1) is 11.8 Å². The molecule has 0 unspecified atom stereocenters. The standard InChI is InChI=1S/C25H30BrNO6S/c1-15(2)11-19(28)27(13-16-7-4-3-5-8-16)18-10-6-9-17(12-18)23-21(26)22(33-14-20(29)30)24(34-23)25(31)32/h6,9-10,12,15-16H,3-5,7-8,11,13-14H2,1-2H3,(H,29,30)(H,31,32). The molecule has 3 rings (SSSR count). The third kappa shape index (κ3) is 6.60. The van der Waals surface area contributed by atoms with Gasteiger partial charge in [0.1, 0.15) is 0 Å². The number of ether oxygens (including phenoxy) is 1. The second-order valence-electron chi connectivity index (χ2n) is 9.05. The number of carboxylic acid groups (broad SMARTS) is 2. The van der Waals surface area contributed by atoms with Gasteiger partial charge < -0.3 is 19.8 Å². The van der Waals surface area contributed by atoms with Crippen LogP contribution in [0.5, 0.6) is 5.75 Å². The molecular weight excluding hydrogens is 522 g/mol. The molecule has 1 heterocycles. The summed E-state index contributed by atoms with van der Waals surface area (Å²) in [6.07, 6.45) is 6.32. The normalized spacial score (nSPS) is 14.2. The second-order valence-corrected chi connectivity index (χ2v) is 10.9. The molecule has 1 aliphatic rings. The minimum atomic E-state index is -1.19. The van der Waals surface area contributed by atoms with Crippen molar-refractivity contribution in [2.75, 3.05) is 18.1 Å². The summed E-state index contributed by atoms with van der Waals surface area (Å²) in [5.74, 6) is -1.60. The third-order valence-electron chi connectivity index (χ3n) is 5.81. The van der Waals surface area contributed by atoms with E-state index in [-0.39, 0.29) is 22.5 Å². The highest BCUT2D eigenvalue weighted by Crippen LogP contribution is 2.46. The van der Waals surface area contributed by atoms with Crippen LogP contribution in [-0.2, 0) is 9.59 Å². The van der Waals surface area contributed by atoms with E-state index in [1.54, 1.807) is 0 Å². The number of aliphatic carboxylic acids is 1. The fourth-order valence-corrected chi connectivity index (χ4v) is 6.13. The zero-order valence-electron chi connectivity index (χ0n) is 19.4. The Labute approximate surface area is 211 Å². The van der Waals surface area contributed by atoms with E-state index in [4.69, 9.17) is 9.84 Å². The molecule has 184 valence electrons. The number of carbonyl (C=O) groups excluding carboxylic acids is 1. The summed E-state index contributed by atoms with van der Waals surface area (Å²) < 4.78 is 5.66. The number of benzene rings is 1. The van der Waals surface area contributed by atoms with Gasteiger partial charge in [0.15, 0.2) is 17.2 Å². The lowest BCUT2D eigenvalue weighted by molar-refractivity contribution is -0.139. The molecule has 1 saturated carbocycles. The van der Waals surface area contributed by atoms with Gasteiger partial charge in [0, 0.05) is 18.7 Å². The summed E-state index contributed by atoms with van der Waals surface area (Å²) in [6, 6.07) is 7.50. The third-order valence-corrected chi connectivity index (χ3v) is 8.04. The molecule has 1 aromatic heterocycles. The van der Waals surface area contributed by atoms with Crippen LogP contribution in [0.15, 0.2) is 28.7 Å². The molecule has 0 spiro atoms. The number of anilines is 1. The minimum Gasteiger partial charge on any atom is -0.479 e. The molecule has 34 heavy (non-hydrogen) atoms. The van der Waals surface area contributed by atoms with Crippen LogP contribution in [0.25, 0.3) is 10.4 Å². The van der Waals surface area contributed by atoms with Gasteiger partial charge in [-0.25, -0.2) is 9.59 Å². The van der Waals surface area contributed by atoms with E-state index in [2.05, 4.69) is 15.9 Å². The highest BCUT2D eigenvalue weighted by molar-refractivity contribution is 9.10. The van der Waals surface area contributed by atoms with Crippen molar-refractivity contribution in [3.63, 3.8) is 0 Å². The molecule has 1 fully saturated rings. The average Bonchev–Trinajstić information content (AvgIpc) is 3.12. The lowest BCUT2D eigenvalue weighted by Gasteiger charge is -2.30. The predicted molar refractivity (Wildman–Crippen MR) is 136 cm³/mol.